The Labute approximate surface area is 104 Å². The van der Waals surface area contributed by atoms with Crippen LogP contribution < -0.4 is 0 Å². The van der Waals surface area contributed by atoms with Gasteiger partial charge in [-0.25, -0.2) is 0 Å². The fourth-order valence-corrected chi connectivity index (χ4v) is 3.27. The van der Waals surface area contributed by atoms with Crippen LogP contribution in [0.15, 0.2) is 0 Å². The van der Waals surface area contributed by atoms with Gasteiger partial charge in [-0.3, -0.25) is 4.79 Å². The molecule has 0 aromatic carbocycles. The average Bonchev–Trinajstić information content (AvgIpc) is 2.98. The van der Waals surface area contributed by atoms with Crippen molar-refractivity contribution >= 4 is 5.91 Å². The summed E-state index contributed by atoms with van der Waals surface area (Å²) < 4.78 is 0. The lowest BCUT2D eigenvalue weighted by Gasteiger charge is -2.28. The monoisotopic (exact) mass is 234 g/mol. The summed E-state index contributed by atoms with van der Waals surface area (Å²) >= 11 is 0. The van der Waals surface area contributed by atoms with E-state index in [1.54, 1.807) is 6.92 Å². The van der Waals surface area contributed by atoms with E-state index in [4.69, 9.17) is 0 Å². The van der Waals surface area contributed by atoms with Crippen LogP contribution in [0.3, 0.4) is 0 Å². The summed E-state index contributed by atoms with van der Waals surface area (Å²) in [6.45, 7) is 5.44. The Bertz CT molecular complexity index is 352. The van der Waals surface area contributed by atoms with E-state index >= 15 is 0 Å². The molecular formula is C14H22N2O. The van der Waals surface area contributed by atoms with Gasteiger partial charge in [-0.2, -0.15) is 5.26 Å². The largest absolute Gasteiger partial charge is 0.341 e. The second-order valence-corrected chi connectivity index (χ2v) is 5.98. The zero-order valence-electron chi connectivity index (χ0n) is 11.0. The van der Waals surface area contributed by atoms with Crippen molar-refractivity contribution in [1.29, 1.82) is 5.26 Å². The fourth-order valence-electron chi connectivity index (χ4n) is 3.27. The number of hydrogen-bond donors (Lipinski definition) is 0. The van der Waals surface area contributed by atoms with Crippen molar-refractivity contribution in [3.63, 3.8) is 0 Å². The minimum atomic E-state index is -0.815. The average molecular weight is 234 g/mol. The first-order valence-corrected chi connectivity index (χ1v) is 6.76. The third-order valence-corrected chi connectivity index (χ3v) is 4.82. The summed E-state index contributed by atoms with van der Waals surface area (Å²) in [5.41, 5.74) is -0.413. The third kappa shape index (κ3) is 2.06. The highest BCUT2D eigenvalue weighted by molar-refractivity contribution is 5.85. The van der Waals surface area contributed by atoms with Gasteiger partial charge in [-0.05, 0) is 38.0 Å². The third-order valence-electron chi connectivity index (χ3n) is 4.82. The predicted octanol–water partition coefficient (Wildman–Crippen LogP) is 2.72. The standard InChI is InChI=1S/C14H22N2O/c1-3-13(2,10-15)12(17)16-9-8-14(11-16)6-4-5-7-14/h3-9,11H2,1-2H3. The molecule has 0 aromatic heterocycles. The Morgan fingerprint density at radius 3 is 2.59 bits per heavy atom. The molecule has 17 heavy (non-hydrogen) atoms. The molecule has 1 heterocycles. The highest BCUT2D eigenvalue weighted by Crippen LogP contribution is 2.46. The van der Waals surface area contributed by atoms with Crippen molar-refractivity contribution in [2.24, 2.45) is 10.8 Å². The van der Waals surface area contributed by atoms with Crippen molar-refractivity contribution in [1.82, 2.24) is 4.90 Å². The quantitative estimate of drug-likeness (QED) is 0.737. The van der Waals surface area contributed by atoms with Crippen LogP contribution in [-0.4, -0.2) is 23.9 Å². The lowest BCUT2D eigenvalue weighted by atomic mass is 9.85. The molecule has 94 valence electrons. The Hall–Kier alpha value is -1.04. The first-order valence-electron chi connectivity index (χ1n) is 6.76. The van der Waals surface area contributed by atoms with E-state index in [-0.39, 0.29) is 5.91 Å². The van der Waals surface area contributed by atoms with Gasteiger partial charge in [0.25, 0.3) is 0 Å². The normalized spacial score (nSPS) is 25.8. The molecule has 0 N–H and O–H groups in total. The summed E-state index contributed by atoms with van der Waals surface area (Å²) in [5.74, 6) is 0.0475. The van der Waals surface area contributed by atoms with Gasteiger partial charge in [0, 0.05) is 13.1 Å². The molecule has 2 aliphatic rings. The van der Waals surface area contributed by atoms with Crippen molar-refractivity contribution < 1.29 is 4.79 Å². The van der Waals surface area contributed by atoms with Crippen LogP contribution in [0, 0.1) is 22.2 Å². The van der Waals surface area contributed by atoms with Crippen LogP contribution in [0.25, 0.3) is 0 Å². The van der Waals surface area contributed by atoms with Gasteiger partial charge in [0.15, 0.2) is 0 Å². The van der Waals surface area contributed by atoms with E-state index in [0.717, 1.165) is 19.5 Å². The molecule has 1 atom stereocenters. The second-order valence-electron chi connectivity index (χ2n) is 5.98. The van der Waals surface area contributed by atoms with Gasteiger partial charge in [-0.15, -0.1) is 0 Å². The van der Waals surface area contributed by atoms with Crippen LogP contribution in [0.4, 0.5) is 0 Å². The van der Waals surface area contributed by atoms with E-state index in [9.17, 15) is 10.1 Å². The van der Waals surface area contributed by atoms with Gasteiger partial charge in [-0.1, -0.05) is 19.8 Å². The van der Waals surface area contributed by atoms with Gasteiger partial charge >= 0.3 is 0 Å². The first-order chi connectivity index (χ1) is 8.05. The molecular weight excluding hydrogens is 212 g/mol. The smallest absolute Gasteiger partial charge is 0.242 e. The molecule has 1 amide bonds. The number of likely N-dealkylation sites (tertiary alicyclic amines) is 1. The Morgan fingerprint density at radius 2 is 2.06 bits per heavy atom. The molecule has 2 fully saturated rings. The van der Waals surface area contributed by atoms with Crippen molar-refractivity contribution in [2.45, 2.75) is 52.4 Å². The Kier molecular flexibility index (Phi) is 3.16. The summed E-state index contributed by atoms with van der Waals surface area (Å²) in [6, 6.07) is 2.19. The minimum Gasteiger partial charge on any atom is -0.341 e. The zero-order valence-corrected chi connectivity index (χ0v) is 11.0. The van der Waals surface area contributed by atoms with Gasteiger partial charge in [0.2, 0.25) is 5.91 Å². The summed E-state index contributed by atoms with van der Waals surface area (Å²) in [4.78, 5) is 14.3. The predicted molar refractivity (Wildman–Crippen MR) is 66.1 cm³/mol. The lowest BCUT2D eigenvalue weighted by Crippen LogP contribution is -2.41. The van der Waals surface area contributed by atoms with Gasteiger partial charge in [0.05, 0.1) is 6.07 Å². The molecule has 1 saturated heterocycles. The summed E-state index contributed by atoms with van der Waals surface area (Å²) in [5, 5.41) is 9.18. The van der Waals surface area contributed by atoms with Crippen LogP contribution in [0.5, 0.6) is 0 Å². The number of nitriles is 1. The lowest BCUT2D eigenvalue weighted by molar-refractivity contribution is -0.137. The molecule has 0 aromatic rings. The zero-order chi connectivity index (χ0) is 12.5. The number of nitrogens with zero attached hydrogens (tertiary/aromatic N) is 2. The van der Waals surface area contributed by atoms with Crippen LogP contribution >= 0.6 is 0 Å². The number of carbonyl (C=O) groups is 1. The Balaban J connectivity index is 2.06. The molecule has 3 nitrogen and oxygen atoms in total. The molecule has 0 bridgehead atoms. The molecule has 1 unspecified atom stereocenters. The first kappa shape index (κ1) is 12.4. The molecule has 1 saturated carbocycles. The van der Waals surface area contributed by atoms with Gasteiger partial charge < -0.3 is 4.90 Å². The van der Waals surface area contributed by atoms with E-state index in [1.165, 1.54) is 25.7 Å². The van der Waals surface area contributed by atoms with E-state index in [1.807, 2.05) is 11.8 Å². The minimum absolute atomic E-state index is 0.0475. The van der Waals surface area contributed by atoms with E-state index < -0.39 is 5.41 Å². The molecule has 2 rings (SSSR count). The van der Waals surface area contributed by atoms with Crippen molar-refractivity contribution in [2.75, 3.05) is 13.1 Å². The van der Waals surface area contributed by atoms with E-state index in [2.05, 4.69) is 6.07 Å². The van der Waals surface area contributed by atoms with Gasteiger partial charge in [0.1, 0.15) is 5.41 Å². The molecule has 1 aliphatic carbocycles. The fraction of sp³-hybridized carbons (Fsp3) is 0.857. The van der Waals surface area contributed by atoms with Crippen molar-refractivity contribution in [3.05, 3.63) is 0 Å². The maximum absolute atomic E-state index is 12.4. The Morgan fingerprint density at radius 1 is 1.41 bits per heavy atom. The number of rotatable bonds is 2. The molecule has 1 aliphatic heterocycles. The van der Waals surface area contributed by atoms with Crippen LogP contribution in [0.2, 0.25) is 0 Å². The van der Waals surface area contributed by atoms with Crippen LogP contribution in [-0.2, 0) is 4.79 Å². The summed E-state index contributed by atoms with van der Waals surface area (Å²) in [6.07, 6.45) is 6.91. The topological polar surface area (TPSA) is 44.1 Å². The molecule has 1 spiro atoms. The summed E-state index contributed by atoms with van der Waals surface area (Å²) in [7, 11) is 0. The maximum Gasteiger partial charge on any atom is 0.242 e. The van der Waals surface area contributed by atoms with Crippen molar-refractivity contribution in [3.8, 4) is 6.07 Å². The highest BCUT2D eigenvalue weighted by atomic mass is 16.2. The number of amides is 1. The second kappa shape index (κ2) is 4.33. The SMILES string of the molecule is CCC(C)(C#N)C(=O)N1CCC2(CCCC2)C1. The molecule has 0 radical (unpaired) electrons. The number of carbonyl (C=O) groups excluding carboxylic acids is 1. The highest BCUT2D eigenvalue weighted by Gasteiger charge is 2.45. The number of hydrogen-bond acceptors (Lipinski definition) is 2. The maximum atomic E-state index is 12.4. The van der Waals surface area contributed by atoms with Crippen LogP contribution in [0.1, 0.15) is 52.4 Å². The van der Waals surface area contributed by atoms with E-state index in [0.29, 0.717) is 11.8 Å². The molecule has 3 heteroatoms.